The van der Waals surface area contributed by atoms with Crippen molar-refractivity contribution in [2.24, 2.45) is 5.92 Å². The second kappa shape index (κ2) is 8.58. The Bertz CT molecular complexity index is 758. The van der Waals surface area contributed by atoms with Gasteiger partial charge in [-0.3, -0.25) is 4.79 Å². The van der Waals surface area contributed by atoms with E-state index >= 15 is 0 Å². The van der Waals surface area contributed by atoms with Crippen molar-refractivity contribution >= 4 is 28.9 Å². The molecule has 1 aliphatic rings. The van der Waals surface area contributed by atoms with Crippen molar-refractivity contribution in [3.8, 4) is 0 Å². The molecule has 0 aliphatic carbocycles. The first-order valence-electron chi connectivity index (χ1n) is 9.41. The van der Waals surface area contributed by atoms with E-state index in [-0.39, 0.29) is 5.91 Å². The topological polar surface area (TPSA) is 50.2 Å². The highest BCUT2D eigenvalue weighted by atomic mass is 35.5. The van der Waals surface area contributed by atoms with Crippen LogP contribution in [0.15, 0.2) is 30.6 Å². The average Bonchev–Trinajstić information content (AvgIpc) is 3.07. The Kier molecular flexibility index (Phi) is 6.20. The summed E-state index contributed by atoms with van der Waals surface area (Å²) in [6, 6.07) is 5.76. The van der Waals surface area contributed by atoms with Gasteiger partial charge in [-0.15, -0.1) is 0 Å². The molecule has 1 unspecified atom stereocenters. The molecule has 0 saturated carbocycles. The Morgan fingerprint density at radius 2 is 2.27 bits per heavy atom. The summed E-state index contributed by atoms with van der Waals surface area (Å²) in [5, 5.41) is 3.70. The Balaban J connectivity index is 1.68. The standard InChI is InChI=1S/C20H27ClN4O/c1-3-19-22-9-12-24(19)11-8-20(26)23-17-13-16(21)6-7-18(17)25-10-4-5-15(2)14-25/h6-7,9,12-13,15H,3-5,8,10-11,14H2,1-2H3,(H,23,26). The quantitative estimate of drug-likeness (QED) is 0.817. The molecule has 0 spiro atoms. The fraction of sp³-hybridized carbons (Fsp3) is 0.500. The SMILES string of the molecule is CCc1nccn1CCC(=O)Nc1cc(Cl)ccc1N1CCCC(C)C1. The molecule has 0 bridgehead atoms. The van der Waals surface area contributed by atoms with Gasteiger partial charge in [-0.2, -0.15) is 0 Å². The molecule has 1 aliphatic heterocycles. The lowest BCUT2D eigenvalue weighted by molar-refractivity contribution is -0.116. The molecule has 26 heavy (non-hydrogen) atoms. The first-order valence-corrected chi connectivity index (χ1v) is 9.79. The molecule has 1 atom stereocenters. The van der Waals surface area contributed by atoms with Crippen LogP contribution in [-0.2, 0) is 17.8 Å². The number of nitrogens with zero attached hydrogens (tertiary/aromatic N) is 3. The zero-order chi connectivity index (χ0) is 18.5. The summed E-state index contributed by atoms with van der Waals surface area (Å²) >= 11 is 6.18. The fourth-order valence-corrected chi connectivity index (χ4v) is 3.76. The third-order valence-electron chi connectivity index (χ3n) is 4.93. The lowest BCUT2D eigenvalue weighted by atomic mass is 9.99. The number of piperidine rings is 1. The molecule has 1 N–H and O–H groups in total. The van der Waals surface area contributed by atoms with Crippen molar-refractivity contribution in [3.05, 3.63) is 41.4 Å². The van der Waals surface area contributed by atoms with Gasteiger partial charge in [0.25, 0.3) is 0 Å². The van der Waals surface area contributed by atoms with E-state index in [1.165, 1.54) is 12.8 Å². The summed E-state index contributed by atoms with van der Waals surface area (Å²) in [5.41, 5.74) is 1.86. The van der Waals surface area contributed by atoms with E-state index in [1.807, 2.05) is 29.0 Å². The number of aryl methyl sites for hydroxylation is 2. The fourth-order valence-electron chi connectivity index (χ4n) is 3.59. The average molecular weight is 375 g/mol. The molecule has 1 aromatic carbocycles. The van der Waals surface area contributed by atoms with Crippen molar-refractivity contribution in [3.63, 3.8) is 0 Å². The van der Waals surface area contributed by atoms with Crippen LogP contribution in [0.3, 0.4) is 0 Å². The van der Waals surface area contributed by atoms with Crippen molar-refractivity contribution in [1.82, 2.24) is 9.55 Å². The summed E-state index contributed by atoms with van der Waals surface area (Å²) in [7, 11) is 0. The van der Waals surface area contributed by atoms with Crippen molar-refractivity contribution in [1.29, 1.82) is 0 Å². The predicted octanol–water partition coefficient (Wildman–Crippen LogP) is 4.36. The van der Waals surface area contributed by atoms with Gasteiger partial charge >= 0.3 is 0 Å². The van der Waals surface area contributed by atoms with Crippen molar-refractivity contribution in [2.45, 2.75) is 46.1 Å². The van der Waals surface area contributed by atoms with E-state index in [0.29, 0.717) is 23.9 Å². The maximum absolute atomic E-state index is 12.5. The molecule has 2 heterocycles. The smallest absolute Gasteiger partial charge is 0.226 e. The molecule has 5 nitrogen and oxygen atoms in total. The number of carbonyl (C=O) groups is 1. The zero-order valence-corrected chi connectivity index (χ0v) is 16.3. The monoisotopic (exact) mass is 374 g/mol. The molecule has 1 fully saturated rings. The number of halogens is 1. The van der Waals surface area contributed by atoms with E-state index in [2.05, 4.69) is 29.0 Å². The molecular formula is C20H27ClN4O. The van der Waals surface area contributed by atoms with Crippen LogP contribution < -0.4 is 10.2 Å². The molecule has 1 saturated heterocycles. The van der Waals surface area contributed by atoms with E-state index in [4.69, 9.17) is 11.6 Å². The number of hydrogen-bond acceptors (Lipinski definition) is 3. The van der Waals surface area contributed by atoms with Crippen LogP contribution in [-0.4, -0.2) is 28.5 Å². The van der Waals surface area contributed by atoms with Crippen LogP contribution in [0.25, 0.3) is 0 Å². The lowest BCUT2D eigenvalue weighted by Crippen LogP contribution is -2.34. The van der Waals surface area contributed by atoms with Crippen LogP contribution in [0.1, 0.15) is 38.9 Å². The van der Waals surface area contributed by atoms with Crippen LogP contribution in [0.2, 0.25) is 5.02 Å². The van der Waals surface area contributed by atoms with E-state index < -0.39 is 0 Å². The number of anilines is 2. The van der Waals surface area contributed by atoms with Gasteiger partial charge < -0.3 is 14.8 Å². The van der Waals surface area contributed by atoms with Gasteiger partial charge in [-0.25, -0.2) is 4.98 Å². The molecule has 6 heteroatoms. The molecule has 3 rings (SSSR count). The number of benzene rings is 1. The number of nitrogens with one attached hydrogen (secondary N) is 1. The molecule has 140 valence electrons. The van der Waals surface area contributed by atoms with Gasteiger partial charge in [0.05, 0.1) is 11.4 Å². The van der Waals surface area contributed by atoms with E-state index in [1.54, 1.807) is 6.20 Å². The number of hydrogen-bond donors (Lipinski definition) is 1. The summed E-state index contributed by atoms with van der Waals surface area (Å²) in [5.74, 6) is 1.66. The van der Waals surface area contributed by atoms with Gasteiger partial charge in [0.2, 0.25) is 5.91 Å². The normalized spacial score (nSPS) is 17.3. The van der Waals surface area contributed by atoms with Crippen molar-refractivity contribution in [2.75, 3.05) is 23.3 Å². The minimum absolute atomic E-state index is 0.00525. The summed E-state index contributed by atoms with van der Waals surface area (Å²) in [6.45, 7) is 7.00. The van der Waals surface area contributed by atoms with Crippen LogP contribution >= 0.6 is 11.6 Å². The highest BCUT2D eigenvalue weighted by Crippen LogP contribution is 2.32. The third-order valence-corrected chi connectivity index (χ3v) is 5.16. The number of aromatic nitrogens is 2. The number of amides is 1. The Labute approximate surface area is 160 Å². The molecule has 0 radical (unpaired) electrons. The Morgan fingerprint density at radius 1 is 1.42 bits per heavy atom. The Hall–Kier alpha value is -2.01. The highest BCUT2D eigenvalue weighted by Gasteiger charge is 2.20. The predicted molar refractivity (Wildman–Crippen MR) is 107 cm³/mol. The second-order valence-electron chi connectivity index (χ2n) is 7.04. The largest absolute Gasteiger partial charge is 0.370 e. The minimum atomic E-state index is -0.00525. The maximum atomic E-state index is 12.5. The van der Waals surface area contributed by atoms with Gasteiger partial charge in [0.1, 0.15) is 5.82 Å². The van der Waals surface area contributed by atoms with Crippen LogP contribution in [0.5, 0.6) is 0 Å². The van der Waals surface area contributed by atoms with Gasteiger partial charge in [-0.05, 0) is 37.0 Å². The molecule has 1 aromatic heterocycles. The van der Waals surface area contributed by atoms with E-state index in [9.17, 15) is 4.79 Å². The number of imidazole rings is 1. The third kappa shape index (κ3) is 4.58. The van der Waals surface area contributed by atoms with Gasteiger partial charge in [-0.1, -0.05) is 25.4 Å². The second-order valence-corrected chi connectivity index (χ2v) is 7.48. The number of rotatable bonds is 6. The van der Waals surface area contributed by atoms with Crippen molar-refractivity contribution < 1.29 is 4.79 Å². The first kappa shape index (κ1) is 18.8. The molecule has 1 amide bonds. The summed E-state index contributed by atoms with van der Waals surface area (Å²) in [6.07, 6.45) is 7.41. The molecule has 2 aromatic rings. The van der Waals surface area contributed by atoms with E-state index in [0.717, 1.165) is 36.7 Å². The van der Waals surface area contributed by atoms with Crippen LogP contribution in [0.4, 0.5) is 11.4 Å². The zero-order valence-electron chi connectivity index (χ0n) is 15.5. The molecular weight excluding hydrogens is 348 g/mol. The van der Waals surface area contributed by atoms with Gasteiger partial charge in [0.15, 0.2) is 0 Å². The Morgan fingerprint density at radius 3 is 3.04 bits per heavy atom. The number of carbonyl (C=O) groups excluding carboxylic acids is 1. The highest BCUT2D eigenvalue weighted by molar-refractivity contribution is 6.31. The van der Waals surface area contributed by atoms with Crippen LogP contribution in [0, 0.1) is 5.92 Å². The maximum Gasteiger partial charge on any atom is 0.226 e. The lowest BCUT2D eigenvalue weighted by Gasteiger charge is -2.34. The summed E-state index contributed by atoms with van der Waals surface area (Å²) in [4.78, 5) is 19.2. The summed E-state index contributed by atoms with van der Waals surface area (Å²) < 4.78 is 2.03. The van der Waals surface area contributed by atoms with Gasteiger partial charge in [0, 0.05) is 49.9 Å². The first-order chi connectivity index (χ1) is 12.6. The minimum Gasteiger partial charge on any atom is -0.370 e.